The summed E-state index contributed by atoms with van der Waals surface area (Å²) in [4.78, 5) is 0. The summed E-state index contributed by atoms with van der Waals surface area (Å²) >= 11 is 0. The molecule has 0 aliphatic rings. The molecule has 0 aliphatic carbocycles. The summed E-state index contributed by atoms with van der Waals surface area (Å²) in [7, 11) is 0. The van der Waals surface area contributed by atoms with E-state index in [0.717, 1.165) is 12.1 Å². The number of hydrogen-bond acceptors (Lipinski definition) is 2. The van der Waals surface area contributed by atoms with E-state index in [2.05, 4.69) is 4.74 Å². The van der Waals surface area contributed by atoms with Crippen LogP contribution in [0.2, 0.25) is 0 Å². The molecule has 0 heterocycles. The average Bonchev–Trinajstić information content (AvgIpc) is 2.37. The largest absolute Gasteiger partial charge is 0.573 e. The van der Waals surface area contributed by atoms with Crippen LogP contribution in [-0.4, -0.2) is 6.36 Å². The fourth-order valence-corrected chi connectivity index (χ4v) is 1.69. The highest BCUT2D eigenvalue weighted by atomic mass is 19.4. The Morgan fingerprint density at radius 2 is 1.75 bits per heavy atom. The maximum Gasteiger partial charge on any atom is 0.573 e. The van der Waals surface area contributed by atoms with Gasteiger partial charge in [0, 0.05) is 5.56 Å². The monoisotopic (exact) mass is 281 g/mol. The van der Waals surface area contributed by atoms with E-state index < -0.39 is 17.9 Å². The zero-order valence-corrected chi connectivity index (χ0v) is 9.91. The van der Waals surface area contributed by atoms with Crippen LogP contribution in [0.5, 0.6) is 5.75 Å². The summed E-state index contributed by atoms with van der Waals surface area (Å²) in [5.41, 5.74) is 0.109. The van der Waals surface area contributed by atoms with Gasteiger partial charge in [0.1, 0.15) is 17.6 Å². The lowest BCUT2D eigenvalue weighted by Crippen LogP contribution is -2.17. The molecule has 2 aromatic carbocycles. The van der Waals surface area contributed by atoms with Crippen LogP contribution in [0.3, 0.4) is 0 Å². The van der Waals surface area contributed by atoms with Gasteiger partial charge in [0.25, 0.3) is 0 Å². The minimum atomic E-state index is -4.83. The lowest BCUT2D eigenvalue weighted by Gasteiger charge is -2.13. The minimum absolute atomic E-state index is 0.0909. The first-order valence-electron chi connectivity index (χ1n) is 5.45. The quantitative estimate of drug-likeness (QED) is 0.770. The number of hydrogen-bond donors (Lipinski definition) is 0. The van der Waals surface area contributed by atoms with Gasteiger partial charge < -0.3 is 4.74 Å². The molecule has 0 spiro atoms. The molecule has 0 fully saturated rings. The summed E-state index contributed by atoms with van der Waals surface area (Å²) in [6.07, 6.45) is -4.83. The van der Waals surface area contributed by atoms with E-state index in [1.807, 2.05) is 0 Å². The molecule has 6 heteroatoms. The van der Waals surface area contributed by atoms with Crippen molar-refractivity contribution < 1.29 is 22.3 Å². The number of ether oxygens (including phenoxy) is 1. The van der Waals surface area contributed by atoms with Crippen molar-refractivity contribution in [3.63, 3.8) is 0 Å². The van der Waals surface area contributed by atoms with Gasteiger partial charge in [-0.2, -0.15) is 5.26 Å². The van der Waals surface area contributed by atoms with E-state index in [4.69, 9.17) is 5.26 Å². The molecule has 2 rings (SSSR count). The maximum atomic E-state index is 13.5. The molecule has 0 unspecified atom stereocenters. The predicted octanol–water partition coefficient (Wildman–Crippen LogP) is 4.26. The number of nitrogens with zero attached hydrogens (tertiary/aromatic N) is 1. The maximum absolute atomic E-state index is 13.5. The van der Waals surface area contributed by atoms with Gasteiger partial charge in [-0.1, -0.05) is 24.3 Å². The highest BCUT2D eigenvalue weighted by Gasteiger charge is 2.32. The van der Waals surface area contributed by atoms with Crippen molar-refractivity contribution in [1.82, 2.24) is 0 Å². The molecule has 2 aromatic rings. The summed E-state index contributed by atoms with van der Waals surface area (Å²) in [5, 5.41) is 8.62. The molecule has 0 bridgehead atoms. The van der Waals surface area contributed by atoms with Gasteiger partial charge in [-0.15, -0.1) is 13.2 Å². The van der Waals surface area contributed by atoms with Gasteiger partial charge in [-0.25, -0.2) is 4.39 Å². The van der Waals surface area contributed by atoms with Crippen molar-refractivity contribution in [3.8, 4) is 22.9 Å². The lowest BCUT2D eigenvalue weighted by atomic mass is 10.0. The van der Waals surface area contributed by atoms with Gasteiger partial charge in [0.2, 0.25) is 0 Å². The molecule has 0 N–H and O–H groups in total. The first-order valence-corrected chi connectivity index (χ1v) is 5.45. The number of para-hydroxylation sites is 1. The van der Waals surface area contributed by atoms with Gasteiger partial charge in [0.05, 0.1) is 5.56 Å². The summed E-state index contributed by atoms with van der Waals surface area (Å²) in [6, 6.07) is 10.6. The summed E-state index contributed by atoms with van der Waals surface area (Å²) in [5.74, 6) is -1.23. The van der Waals surface area contributed by atoms with Crippen LogP contribution in [0, 0.1) is 17.1 Å². The number of rotatable bonds is 2. The third kappa shape index (κ3) is 3.06. The Balaban J connectivity index is 2.48. The van der Waals surface area contributed by atoms with Gasteiger partial charge in [0.15, 0.2) is 0 Å². The predicted molar refractivity (Wildman–Crippen MR) is 63.2 cm³/mol. The molecule has 0 amide bonds. The van der Waals surface area contributed by atoms with E-state index in [-0.39, 0.29) is 16.7 Å². The van der Waals surface area contributed by atoms with Crippen molar-refractivity contribution in [2.75, 3.05) is 0 Å². The van der Waals surface area contributed by atoms with E-state index in [1.165, 1.54) is 30.3 Å². The van der Waals surface area contributed by atoms with Crippen LogP contribution < -0.4 is 4.74 Å². The molecule has 0 saturated carbocycles. The average molecular weight is 281 g/mol. The first kappa shape index (κ1) is 13.9. The van der Waals surface area contributed by atoms with Gasteiger partial charge >= 0.3 is 6.36 Å². The molecular formula is C14H7F4NO. The Bertz CT molecular complexity index is 674. The Hall–Kier alpha value is -2.55. The first-order chi connectivity index (χ1) is 9.40. The summed E-state index contributed by atoms with van der Waals surface area (Å²) in [6.45, 7) is 0. The molecule has 102 valence electrons. The van der Waals surface area contributed by atoms with E-state index in [1.54, 1.807) is 6.07 Å². The fourth-order valence-electron chi connectivity index (χ4n) is 1.69. The number of benzene rings is 2. The van der Waals surface area contributed by atoms with Crippen molar-refractivity contribution in [1.29, 1.82) is 5.26 Å². The second-order valence-corrected chi connectivity index (χ2v) is 3.85. The second kappa shape index (κ2) is 5.21. The molecule has 0 aliphatic heterocycles. The van der Waals surface area contributed by atoms with E-state index in [0.29, 0.717) is 0 Å². The highest BCUT2D eigenvalue weighted by Crippen LogP contribution is 2.34. The third-order valence-corrected chi connectivity index (χ3v) is 2.51. The second-order valence-electron chi connectivity index (χ2n) is 3.85. The smallest absolute Gasteiger partial charge is 0.405 e. The zero-order chi connectivity index (χ0) is 14.8. The van der Waals surface area contributed by atoms with Crippen molar-refractivity contribution in [2.24, 2.45) is 0 Å². The topological polar surface area (TPSA) is 33.0 Å². The molecule has 0 atom stereocenters. The SMILES string of the molecule is N#Cc1ccc(-c2ccccc2OC(F)(F)F)cc1F. The lowest BCUT2D eigenvalue weighted by molar-refractivity contribution is -0.274. The van der Waals surface area contributed by atoms with Crippen LogP contribution in [0.15, 0.2) is 42.5 Å². The van der Waals surface area contributed by atoms with E-state index >= 15 is 0 Å². The van der Waals surface area contributed by atoms with Crippen LogP contribution in [0.1, 0.15) is 5.56 Å². The standard InChI is InChI=1S/C14H7F4NO/c15-12-7-9(5-6-10(12)8-19)11-3-1-2-4-13(11)20-14(16,17)18/h1-7H. The molecule has 20 heavy (non-hydrogen) atoms. The Morgan fingerprint density at radius 1 is 1.05 bits per heavy atom. The molecule has 0 radical (unpaired) electrons. The number of halogens is 4. The van der Waals surface area contributed by atoms with E-state index in [9.17, 15) is 17.6 Å². The van der Waals surface area contributed by atoms with Crippen LogP contribution >= 0.6 is 0 Å². The highest BCUT2D eigenvalue weighted by molar-refractivity contribution is 5.71. The number of nitriles is 1. The normalized spacial score (nSPS) is 10.9. The Morgan fingerprint density at radius 3 is 2.35 bits per heavy atom. The van der Waals surface area contributed by atoms with Gasteiger partial charge in [-0.05, 0) is 23.8 Å². The number of alkyl halides is 3. The van der Waals surface area contributed by atoms with Crippen LogP contribution in [-0.2, 0) is 0 Å². The molecule has 2 nitrogen and oxygen atoms in total. The van der Waals surface area contributed by atoms with Crippen molar-refractivity contribution in [3.05, 3.63) is 53.8 Å². The molecule has 0 saturated heterocycles. The van der Waals surface area contributed by atoms with Crippen LogP contribution in [0.4, 0.5) is 17.6 Å². The van der Waals surface area contributed by atoms with Crippen molar-refractivity contribution >= 4 is 0 Å². The fraction of sp³-hybridized carbons (Fsp3) is 0.0714. The molecular weight excluding hydrogens is 274 g/mol. The van der Waals surface area contributed by atoms with Gasteiger partial charge in [-0.3, -0.25) is 0 Å². The zero-order valence-electron chi connectivity index (χ0n) is 9.91. The molecule has 0 aromatic heterocycles. The third-order valence-electron chi connectivity index (χ3n) is 2.51. The van der Waals surface area contributed by atoms with Crippen LogP contribution in [0.25, 0.3) is 11.1 Å². The minimum Gasteiger partial charge on any atom is -0.405 e. The van der Waals surface area contributed by atoms with Crippen molar-refractivity contribution in [2.45, 2.75) is 6.36 Å². The Kier molecular flexibility index (Phi) is 3.61. The summed E-state index contributed by atoms with van der Waals surface area (Å²) < 4.78 is 54.3. The Labute approximate surface area is 111 Å².